The van der Waals surface area contributed by atoms with Crippen LogP contribution in [0.5, 0.6) is 17.2 Å². The van der Waals surface area contributed by atoms with Crippen molar-refractivity contribution < 1.29 is 29.3 Å². The van der Waals surface area contributed by atoms with Crippen molar-refractivity contribution in [3.63, 3.8) is 0 Å². The fourth-order valence-corrected chi connectivity index (χ4v) is 5.28. The molecule has 172 valence electrons. The summed E-state index contributed by atoms with van der Waals surface area (Å²) in [6.45, 7) is 0.659. The molecule has 33 heavy (non-hydrogen) atoms. The number of aryl methyl sites for hydroxylation is 1. The van der Waals surface area contributed by atoms with Crippen LogP contribution in [0.15, 0.2) is 42.0 Å². The summed E-state index contributed by atoms with van der Waals surface area (Å²) in [5.41, 5.74) is 2.05. The second-order valence-electron chi connectivity index (χ2n) is 8.85. The van der Waals surface area contributed by atoms with Gasteiger partial charge in [0, 0.05) is 11.6 Å². The topological polar surface area (TPSA) is 96.3 Å². The van der Waals surface area contributed by atoms with Gasteiger partial charge in [-0.25, -0.2) is 0 Å². The maximum Gasteiger partial charge on any atom is 0.295 e. The number of benzene rings is 2. The van der Waals surface area contributed by atoms with Gasteiger partial charge in [-0.3, -0.25) is 9.59 Å². The minimum absolute atomic E-state index is 0.0492. The number of carbonyl (C=O) groups is 2. The highest BCUT2D eigenvalue weighted by molar-refractivity contribution is 6.46. The molecule has 1 saturated carbocycles. The summed E-state index contributed by atoms with van der Waals surface area (Å²) in [6, 6.07) is 9.31. The Labute approximate surface area is 192 Å². The third-order valence-corrected chi connectivity index (χ3v) is 6.90. The van der Waals surface area contributed by atoms with Gasteiger partial charge in [0.2, 0.25) is 0 Å². The fraction of sp³-hybridized carbons (Fsp3) is 0.385. The highest BCUT2D eigenvalue weighted by atomic mass is 16.5. The third-order valence-electron chi connectivity index (χ3n) is 6.90. The Kier molecular flexibility index (Phi) is 5.48. The number of ether oxygens (including phenoxy) is 2. The number of ketones is 1. The van der Waals surface area contributed by atoms with Gasteiger partial charge in [-0.05, 0) is 67.1 Å². The van der Waals surface area contributed by atoms with E-state index in [1.54, 1.807) is 29.2 Å². The second kappa shape index (κ2) is 8.46. The zero-order chi connectivity index (χ0) is 23.1. The van der Waals surface area contributed by atoms with Crippen molar-refractivity contribution in [2.24, 2.45) is 0 Å². The number of fused-ring (bicyclic) bond motifs is 1. The van der Waals surface area contributed by atoms with Crippen LogP contribution in [-0.2, 0) is 16.0 Å². The van der Waals surface area contributed by atoms with Crippen molar-refractivity contribution in [3.8, 4) is 17.2 Å². The Balaban J connectivity index is 1.65. The molecule has 1 atom stereocenters. The van der Waals surface area contributed by atoms with Crippen LogP contribution in [0.2, 0.25) is 0 Å². The van der Waals surface area contributed by atoms with Crippen LogP contribution in [0.4, 0.5) is 0 Å². The van der Waals surface area contributed by atoms with Crippen LogP contribution in [0.3, 0.4) is 0 Å². The average Bonchev–Trinajstić information content (AvgIpc) is 3.45. The lowest BCUT2D eigenvalue weighted by molar-refractivity contribution is -0.141. The van der Waals surface area contributed by atoms with E-state index in [-0.39, 0.29) is 23.1 Å². The molecule has 0 bridgehead atoms. The molecule has 2 aliphatic heterocycles. The third kappa shape index (κ3) is 3.61. The van der Waals surface area contributed by atoms with E-state index < -0.39 is 17.7 Å². The fourth-order valence-electron chi connectivity index (χ4n) is 5.28. The molecule has 1 amide bonds. The smallest absolute Gasteiger partial charge is 0.295 e. The van der Waals surface area contributed by atoms with E-state index in [9.17, 15) is 19.8 Å². The number of hydrogen-bond acceptors (Lipinski definition) is 6. The van der Waals surface area contributed by atoms with Crippen molar-refractivity contribution in [2.45, 2.75) is 50.6 Å². The lowest BCUT2D eigenvalue weighted by atomic mass is 9.93. The molecular formula is C26H27NO6. The number of Topliss-reactive ketones (excluding diaryl/α,β-unsaturated/α-hetero) is 1. The molecular weight excluding hydrogens is 422 g/mol. The van der Waals surface area contributed by atoms with Gasteiger partial charge in [0.25, 0.3) is 11.7 Å². The van der Waals surface area contributed by atoms with E-state index in [1.807, 2.05) is 6.07 Å². The molecule has 2 aromatic carbocycles. The van der Waals surface area contributed by atoms with Crippen LogP contribution in [-0.4, -0.2) is 46.6 Å². The first kappa shape index (κ1) is 21.4. The molecule has 0 aromatic heterocycles. The largest absolute Gasteiger partial charge is 0.507 e. The summed E-state index contributed by atoms with van der Waals surface area (Å²) in [6.07, 6.45) is 5.29. The van der Waals surface area contributed by atoms with Crippen molar-refractivity contribution in [1.82, 2.24) is 4.90 Å². The predicted octanol–water partition coefficient (Wildman–Crippen LogP) is 4.09. The monoisotopic (exact) mass is 449 g/mol. The van der Waals surface area contributed by atoms with Crippen LogP contribution in [0.1, 0.15) is 54.8 Å². The van der Waals surface area contributed by atoms with Crippen LogP contribution in [0, 0.1) is 0 Å². The van der Waals surface area contributed by atoms with Gasteiger partial charge in [-0.2, -0.15) is 0 Å². The number of nitrogens with zero attached hydrogens (tertiary/aromatic N) is 1. The van der Waals surface area contributed by atoms with E-state index in [4.69, 9.17) is 9.47 Å². The molecule has 1 unspecified atom stereocenters. The number of phenols is 1. The number of aliphatic hydroxyl groups excluding tert-OH is 1. The molecule has 3 aliphatic rings. The second-order valence-corrected chi connectivity index (χ2v) is 8.85. The molecule has 0 radical (unpaired) electrons. The van der Waals surface area contributed by atoms with Crippen molar-refractivity contribution in [3.05, 3.63) is 58.7 Å². The van der Waals surface area contributed by atoms with Gasteiger partial charge >= 0.3 is 0 Å². The van der Waals surface area contributed by atoms with Crippen LogP contribution >= 0.6 is 0 Å². The van der Waals surface area contributed by atoms with E-state index in [0.717, 1.165) is 49.8 Å². The number of carbonyl (C=O) groups excluding carboxylic acids is 2. The first-order chi connectivity index (χ1) is 16.0. The lowest BCUT2D eigenvalue weighted by Gasteiger charge is -2.31. The molecule has 7 heteroatoms. The highest BCUT2D eigenvalue weighted by Gasteiger charge is 2.49. The summed E-state index contributed by atoms with van der Waals surface area (Å²) in [4.78, 5) is 28.0. The number of phenolic OH excluding ortho intramolecular Hbond substituents is 1. The predicted molar refractivity (Wildman–Crippen MR) is 121 cm³/mol. The number of hydrogen-bond donors (Lipinski definition) is 2. The Hall–Kier alpha value is -3.48. The zero-order valence-electron chi connectivity index (χ0n) is 18.5. The molecule has 1 aliphatic carbocycles. The zero-order valence-corrected chi connectivity index (χ0v) is 18.5. The van der Waals surface area contributed by atoms with Crippen LogP contribution in [0.25, 0.3) is 5.76 Å². The van der Waals surface area contributed by atoms with Gasteiger partial charge < -0.3 is 24.6 Å². The first-order valence-corrected chi connectivity index (χ1v) is 11.4. The molecule has 0 spiro atoms. The Morgan fingerprint density at radius 3 is 2.61 bits per heavy atom. The van der Waals surface area contributed by atoms with E-state index in [1.165, 1.54) is 13.2 Å². The van der Waals surface area contributed by atoms with Crippen molar-refractivity contribution in [1.29, 1.82) is 0 Å². The van der Waals surface area contributed by atoms with Gasteiger partial charge in [-0.1, -0.05) is 18.9 Å². The molecule has 2 N–H and O–H groups in total. The first-order valence-electron chi connectivity index (χ1n) is 11.4. The van der Waals surface area contributed by atoms with Crippen molar-refractivity contribution >= 4 is 17.4 Å². The van der Waals surface area contributed by atoms with E-state index in [0.29, 0.717) is 23.5 Å². The average molecular weight is 450 g/mol. The SMILES string of the molecule is COc1ccc(C2/C(=C(/O)c3ccc4c(c3)CCCO4)C(=O)C(=O)N2C2CCCC2)cc1O. The van der Waals surface area contributed by atoms with Gasteiger partial charge in [0.1, 0.15) is 11.5 Å². The minimum atomic E-state index is -0.780. The maximum atomic E-state index is 13.2. The summed E-state index contributed by atoms with van der Waals surface area (Å²) in [5, 5.41) is 21.7. The van der Waals surface area contributed by atoms with E-state index in [2.05, 4.69) is 0 Å². The molecule has 2 aromatic rings. The van der Waals surface area contributed by atoms with Gasteiger partial charge in [0.05, 0.1) is 25.3 Å². The molecule has 2 fully saturated rings. The number of likely N-dealkylation sites (tertiary alicyclic amines) is 1. The Morgan fingerprint density at radius 1 is 1.09 bits per heavy atom. The molecule has 1 saturated heterocycles. The van der Waals surface area contributed by atoms with E-state index >= 15 is 0 Å². The number of rotatable bonds is 4. The quantitative estimate of drug-likeness (QED) is 0.415. The number of aromatic hydroxyl groups is 1. The van der Waals surface area contributed by atoms with Crippen LogP contribution < -0.4 is 9.47 Å². The molecule has 2 heterocycles. The number of methoxy groups -OCH3 is 1. The highest BCUT2D eigenvalue weighted by Crippen LogP contribution is 2.45. The molecule has 5 rings (SSSR count). The maximum absolute atomic E-state index is 13.2. The Morgan fingerprint density at radius 2 is 1.88 bits per heavy atom. The molecule has 7 nitrogen and oxygen atoms in total. The normalized spacial score (nSPS) is 22.3. The number of aliphatic hydroxyl groups is 1. The summed E-state index contributed by atoms with van der Waals surface area (Å²) >= 11 is 0. The van der Waals surface area contributed by atoms with Gasteiger partial charge in [-0.15, -0.1) is 0 Å². The summed E-state index contributed by atoms with van der Waals surface area (Å²) < 4.78 is 10.8. The number of amides is 1. The van der Waals surface area contributed by atoms with Crippen molar-refractivity contribution in [2.75, 3.05) is 13.7 Å². The minimum Gasteiger partial charge on any atom is -0.507 e. The summed E-state index contributed by atoms with van der Waals surface area (Å²) in [7, 11) is 1.46. The van der Waals surface area contributed by atoms with Gasteiger partial charge in [0.15, 0.2) is 11.5 Å². The lowest BCUT2D eigenvalue weighted by Crippen LogP contribution is -2.37. The standard InChI is InChI=1S/C26H27NO6/c1-32-21-11-8-16(14-19(21)28)23-22(25(30)26(31)27(23)18-6-2-3-7-18)24(29)17-9-10-20-15(13-17)5-4-12-33-20/h8-11,13-14,18,23,28-29H,2-7,12H2,1H3/b24-22-. The summed E-state index contributed by atoms with van der Waals surface area (Å²) in [5.74, 6) is -0.522. The Bertz CT molecular complexity index is 1150.